The molecule has 0 amide bonds. The Morgan fingerprint density at radius 3 is 2.95 bits per heavy atom. The molecule has 1 heterocycles. The highest BCUT2D eigenvalue weighted by Crippen LogP contribution is 2.26. The lowest BCUT2D eigenvalue weighted by Crippen LogP contribution is -2.26. The van der Waals surface area contributed by atoms with Crippen molar-refractivity contribution in [2.45, 2.75) is 25.9 Å². The van der Waals surface area contributed by atoms with Gasteiger partial charge in [-0.1, -0.05) is 19.4 Å². The number of unbranched alkanes of at least 4 members (excludes halogenated alkanes) is 1. The van der Waals surface area contributed by atoms with Crippen LogP contribution in [0.1, 0.15) is 19.8 Å². The quantitative estimate of drug-likeness (QED) is 0.605. The fourth-order valence-electron chi connectivity index (χ4n) is 2.35. The predicted molar refractivity (Wildman–Crippen MR) is 78.4 cm³/mol. The van der Waals surface area contributed by atoms with Crippen LogP contribution < -0.4 is 5.32 Å². The van der Waals surface area contributed by atoms with Crippen LogP contribution in [-0.2, 0) is 0 Å². The first-order valence-electron chi connectivity index (χ1n) is 7.07. The molecule has 19 heavy (non-hydrogen) atoms. The van der Waals surface area contributed by atoms with E-state index in [9.17, 15) is 4.39 Å². The number of fused-ring (bicyclic) bond motifs is 1. The van der Waals surface area contributed by atoms with E-state index in [0.29, 0.717) is 0 Å². The van der Waals surface area contributed by atoms with Crippen LogP contribution in [0.3, 0.4) is 0 Å². The smallest absolute Gasteiger partial charge is 0.137 e. The van der Waals surface area contributed by atoms with E-state index in [0.717, 1.165) is 18.8 Å². The molecular weight excluding hydrogens is 239 g/mol. The van der Waals surface area contributed by atoms with Crippen molar-refractivity contribution in [1.29, 1.82) is 0 Å². The third-order valence-electron chi connectivity index (χ3n) is 3.53. The van der Waals surface area contributed by atoms with Gasteiger partial charge in [-0.25, -0.2) is 4.39 Å². The van der Waals surface area contributed by atoms with Crippen molar-refractivity contribution in [3.63, 3.8) is 0 Å². The van der Waals surface area contributed by atoms with Crippen molar-refractivity contribution in [2.75, 3.05) is 20.1 Å². The summed E-state index contributed by atoms with van der Waals surface area (Å²) in [5, 5.41) is 3.46. The van der Waals surface area contributed by atoms with Gasteiger partial charge in [0.1, 0.15) is 6.17 Å². The van der Waals surface area contributed by atoms with Gasteiger partial charge in [-0.15, -0.1) is 0 Å². The van der Waals surface area contributed by atoms with E-state index in [4.69, 9.17) is 0 Å². The molecule has 104 valence electrons. The van der Waals surface area contributed by atoms with Crippen molar-refractivity contribution < 1.29 is 4.39 Å². The predicted octanol–water partition coefficient (Wildman–Crippen LogP) is 3.17. The van der Waals surface area contributed by atoms with E-state index in [1.165, 1.54) is 18.4 Å². The van der Waals surface area contributed by atoms with Crippen LogP contribution >= 0.6 is 0 Å². The Kier molecular flexibility index (Phi) is 4.97. The first-order chi connectivity index (χ1) is 9.20. The minimum absolute atomic E-state index is 0.212. The second-order valence-electron chi connectivity index (χ2n) is 5.15. The van der Waals surface area contributed by atoms with Gasteiger partial charge in [0.15, 0.2) is 0 Å². The Balaban J connectivity index is 2.05. The van der Waals surface area contributed by atoms with Crippen molar-refractivity contribution >= 4 is 0 Å². The average molecular weight is 262 g/mol. The Hall–Kier alpha value is -1.35. The maximum absolute atomic E-state index is 13.5. The summed E-state index contributed by atoms with van der Waals surface area (Å²) >= 11 is 0. The summed E-state index contributed by atoms with van der Waals surface area (Å²) in [5.41, 5.74) is 2.36. The Bertz CT molecular complexity index is 420. The van der Waals surface area contributed by atoms with Crippen molar-refractivity contribution in [3.8, 4) is 0 Å². The summed E-state index contributed by atoms with van der Waals surface area (Å²) in [6, 6.07) is 0. The highest BCUT2D eigenvalue weighted by atomic mass is 19.1. The maximum Gasteiger partial charge on any atom is 0.137 e. The molecule has 0 aromatic heterocycles. The minimum atomic E-state index is -0.980. The van der Waals surface area contributed by atoms with Crippen LogP contribution in [0.2, 0.25) is 0 Å². The summed E-state index contributed by atoms with van der Waals surface area (Å²) in [7, 11) is 2.01. The first kappa shape index (κ1) is 14.1. The molecule has 0 saturated carbocycles. The van der Waals surface area contributed by atoms with Gasteiger partial charge in [0, 0.05) is 31.4 Å². The molecule has 2 nitrogen and oxygen atoms in total. The van der Waals surface area contributed by atoms with Crippen LogP contribution in [-0.4, -0.2) is 31.2 Å². The van der Waals surface area contributed by atoms with Crippen LogP contribution in [0.25, 0.3) is 0 Å². The third-order valence-corrected chi connectivity index (χ3v) is 3.53. The van der Waals surface area contributed by atoms with E-state index < -0.39 is 6.17 Å². The summed E-state index contributed by atoms with van der Waals surface area (Å²) in [6.07, 6.45) is 12.8. The molecule has 1 aliphatic heterocycles. The lowest BCUT2D eigenvalue weighted by atomic mass is 9.93. The molecule has 0 saturated heterocycles. The topological polar surface area (TPSA) is 15.3 Å². The average Bonchev–Trinajstić information content (AvgIpc) is 2.39. The molecule has 2 unspecified atom stereocenters. The van der Waals surface area contributed by atoms with Gasteiger partial charge >= 0.3 is 0 Å². The highest BCUT2D eigenvalue weighted by molar-refractivity contribution is 5.36. The van der Waals surface area contributed by atoms with Crippen molar-refractivity contribution in [2.24, 2.45) is 5.92 Å². The van der Waals surface area contributed by atoms with Crippen molar-refractivity contribution in [3.05, 3.63) is 47.9 Å². The van der Waals surface area contributed by atoms with Crippen LogP contribution in [0.5, 0.6) is 0 Å². The summed E-state index contributed by atoms with van der Waals surface area (Å²) < 4.78 is 13.5. The standard InChI is InChI=1S/C16H23FN2/c1-3-4-9-18-11-14-12-19(2)16-8-7-15(17)6-5-13(14)10-16/h5-8,10,12-13,15,18H,3-4,9,11H2,1-2H3/b6-5-,8-7?. The molecule has 0 radical (unpaired) electrons. The van der Waals surface area contributed by atoms with Crippen LogP contribution in [0.4, 0.5) is 4.39 Å². The molecule has 1 aliphatic carbocycles. The molecular formula is C16H23FN2. The SMILES string of the molecule is CCCCNCC1=CN(C)C2=CC1/C=C\C(F)C=C2. The zero-order valence-electron chi connectivity index (χ0n) is 11.8. The number of nitrogens with zero attached hydrogens (tertiary/aromatic N) is 1. The Labute approximate surface area is 115 Å². The second-order valence-corrected chi connectivity index (χ2v) is 5.15. The molecule has 2 aliphatic rings. The molecule has 1 N–H and O–H groups in total. The van der Waals surface area contributed by atoms with E-state index in [2.05, 4.69) is 29.4 Å². The van der Waals surface area contributed by atoms with E-state index in [-0.39, 0.29) is 5.92 Å². The first-order valence-corrected chi connectivity index (χ1v) is 7.07. The number of alkyl halides is 1. The van der Waals surface area contributed by atoms with Gasteiger partial charge in [-0.05, 0) is 42.8 Å². The highest BCUT2D eigenvalue weighted by Gasteiger charge is 2.18. The summed E-state index contributed by atoms with van der Waals surface area (Å²) in [6.45, 7) is 4.09. The fraction of sp³-hybridized carbons (Fsp3) is 0.500. The van der Waals surface area contributed by atoms with Crippen molar-refractivity contribution in [1.82, 2.24) is 10.2 Å². The van der Waals surface area contributed by atoms with Gasteiger partial charge in [-0.2, -0.15) is 0 Å². The molecule has 0 aromatic carbocycles. The summed E-state index contributed by atoms with van der Waals surface area (Å²) in [5.74, 6) is 0.212. The fourth-order valence-corrected chi connectivity index (χ4v) is 2.35. The Morgan fingerprint density at radius 2 is 2.16 bits per heavy atom. The molecule has 0 spiro atoms. The molecule has 3 heteroatoms. The monoisotopic (exact) mass is 262 g/mol. The molecule has 0 fully saturated rings. The number of hydrogen-bond acceptors (Lipinski definition) is 2. The van der Waals surface area contributed by atoms with Gasteiger partial charge in [-0.3, -0.25) is 0 Å². The van der Waals surface area contributed by atoms with Gasteiger partial charge in [0.2, 0.25) is 0 Å². The summed E-state index contributed by atoms with van der Waals surface area (Å²) in [4.78, 5) is 2.07. The zero-order valence-corrected chi connectivity index (χ0v) is 11.8. The minimum Gasteiger partial charge on any atom is -0.351 e. The number of rotatable bonds is 5. The van der Waals surface area contributed by atoms with Gasteiger partial charge in [0.25, 0.3) is 0 Å². The zero-order chi connectivity index (χ0) is 13.7. The molecule has 2 rings (SSSR count). The molecule has 2 bridgehead atoms. The second kappa shape index (κ2) is 6.71. The van der Waals surface area contributed by atoms with Crippen LogP contribution in [0, 0.1) is 5.92 Å². The number of halogens is 1. The largest absolute Gasteiger partial charge is 0.351 e. The Morgan fingerprint density at radius 1 is 1.32 bits per heavy atom. The number of likely N-dealkylation sites (N-methyl/N-ethyl adjacent to an activating group) is 1. The lowest BCUT2D eigenvalue weighted by Gasteiger charge is -2.28. The van der Waals surface area contributed by atoms with Gasteiger partial charge < -0.3 is 10.2 Å². The van der Waals surface area contributed by atoms with E-state index in [1.807, 2.05) is 19.2 Å². The van der Waals surface area contributed by atoms with Gasteiger partial charge in [0.05, 0.1) is 0 Å². The van der Waals surface area contributed by atoms with E-state index >= 15 is 0 Å². The molecule has 0 aromatic rings. The third kappa shape index (κ3) is 3.80. The molecule has 2 atom stereocenters. The normalized spacial score (nSPS) is 27.4. The number of nitrogens with one attached hydrogen (secondary N) is 1. The maximum atomic E-state index is 13.5. The van der Waals surface area contributed by atoms with E-state index in [1.54, 1.807) is 12.2 Å². The number of hydrogen-bond donors (Lipinski definition) is 1. The van der Waals surface area contributed by atoms with Crippen LogP contribution in [0.15, 0.2) is 47.9 Å². The lowest BCUT2D eigenvalue weighted by molar-refractivity contribution is 0.462. The number of allylic oxidation sites excluding steroid dienone is 5.